The summed E-state index contributed by atoms with van der Waals surface area (Å²) in [6.45, 7) is 7.82. The Labute approximate surface area is 215 Å². The highest BCUT2D eigenvalue weighted by Gasteiger charge is 2.24. The van der Waals surface area contributed by atoms with Crippen molar-refractivity contribution in [3.05, 3.63) is 54.6 Å². The van der Waals surface area contributed by atoms with Crippen molar-refractivity contribution < 1.29 is 19.4 Å². The van der Waals surface area contributed by atoms with E-state index in [1.807, 2.05) is 23.5 Å². The van der Waals surface area contributed by atoms with Gasteiger partial charge in [0.25, 0.3) is 0 Å². The number of ether oxygens (including phenoxy) is 1. The molecule has 186 valence electrons. The number of nitrogens with zero attached hydrogens (tertiary/aromatic N) is 3. The summed E-state index contributed by atoms with van der Waals surface area (Å²) in [7, 11) is 0. The first-order valence-electron chi connectivity index (χ1n) is 11.9. The third-order valence-electron chi connectivity index (χ3n) is 5.98. The fraction of sp³-hybridized carbons (Fsp3) is 0.385. The number of carboxylic acids is 1. The average Bonchev–Trinajstić information content (AvgIpc) is 2.87. The molecular weight excluding hydrogens is 482 g/mol. The molecular formula is C26H31N3O4S2. The Balaban J connectivity index is 1.29. The molecule has 35 heavy (non-hydrogen) atoms. The summed E-state index contributed by atoms with van der Waals surface area (Å²) in [5, 5.41) is 8.58. The zero-order valence-corrected chi connectivity index (χ0v) is 21.5. The summed E-state index contributed by atoms with van der Waals surface area (Å²) >= 11 is 3.73. The standard InChI is InChI=1S/C26H31N3O4S2/c1-2-34-20-8-9-24-22(18-20)29(21-6-3-4-7-23(21)35-24)13-5-12-27-14-16-28(17-15-27)19-33-26(32)11-10-25(30)31/h3-4,6-11,18H,2,5,12-17,19H2,1H3,(H,30,31)/b11-10-. The fourth-order valence-corrected chi connectivity index (χ4v) is 6.01. The van der Waals surface area contributed by atoms with E-state index in [1.165, 1.54) is 26.1 Å². The molecule has 2 aliphatic heterocycles. The van der Waals surface area contributed by atoms with Gasteiger partial charge in [0.2, 0.25) is 0 Å². The van der Waals surface area contributed by atoms with E-state index in [2.05, 4.69) is 64.1 Å². The van der Waals surface area contributed by atoms with Crippen LogP contribution in [-0.2, 0) is 14.3 Å². The van der Waals surface area contributed by atoms with E-state index in [-0.39, 0.29) is 6.73 Å². The van der Waals surface area contributed by atoms with Crippen LogP contribution in [0.3, 0.4) is 0 Å². The lowest BCUT2D eigenvalue weighted by molar-refractivity contribution is -0.143. The Morgan fingerprint density at radius 3 is 2.51 bits per heavy atom. The molecule has 0 amide bonds. The number of carbonyl (C=O) groups excluding carboxylic acids is 1. The summed E-state index contributed by atoms with van der Waals surface area (Å²) < 4.78 is 5.13. The smallest absolute Gasteiger partial charge is 0.332 e. The predicted octanol–water partition coefficient (Wildman–Crippen LogP) is 4.55. The van der Waals surface area contributed by atoms with Crippen LogP contribution in [0.25, 0.3) is 0 Å². The van der Waals surface area contributed by atoms with Gasteiger partial charge in [0, 0.05) is 59.6 Å². The first kappa shape index (κ1) is 25.6. The molecule has 0 radical (unpaired) electrons. The number of aliphatic carboxylic acids is 1. The lowest BCUT2D eigenvalue weighted by Crippen LogP contribution is -2.47. The van der Waals surface area contributed by atoms with Gasteiger partial charge in [0.05, 0.1) is 11.4 Å². The van der Waals surface area contributed by atoms with E-state index in [0.29, 0.717) is 0 Å². The molecule has 0 bridgehead atoms. The Morgan fingerprint density at radius 2 is 1.74 bits per heavy atom. The second-order valence-corrected chi connectivity index (χ2v) is 10.8. The van der Waals surface area contributed by atoms with Gasteiger partial charge in [-0.3, -0.25) is 4.90 Å². The van der Waals surface area contributed by atoms with Gasteiger partial charge in [0.15, 0.2) is 0 Å². The Bertz CT molecular complexity index is 1070. The van der Waals surface area contributed by atoms with Crippen molar-refractivity contribution in [2.24, 2.45) is 0 Å². The Hall–Kier alpha value is -2.46. The first-order chi connectivity index (χ1) is 17.0. The number of hydrogen-bond donors (Lipinski definition) is 1. The van der Waals surface area contributed by atoms with Crippen LogP contribution in [-0.4, -0.2) is 78.6 Å². The van der Waals surface area contributed by atoms with Crippen LogP contribution in [0.2, 0.25) is 0 Å². The van der Waals surface area contributed by atoms with Crippen molar-refractivity contribution in [1.82, 2.24) is 9.80 Å². The first-order valence-corrected chi connectivity index (χ1v) is 13.7. The summed E-state index contributed by atoms with van der Waals surface area (Å²) in [5.74, 6) is -0.728. The van der Waals surface area contributed by atoms with E-state index >= 15 is 0 Å². The van der Waals surface area contributed by atoms with Crippen LogP contribution in [0.5, 0.6) is 0 Å². The molecule has 2 aromatic carbocycles. The van der Waals surface area contributed by atoms with E-state index in [4.69, 9.17) is 9.84 Å². The van der Waals surface area contributed by atoms with Crippen LogP contribution in [0.15, 0.2) is 69.3 Å². The molecule has 2 heterocycles. The molecule has 9 heteroatoms. The molecule has 0 aromatic heterocycles. The average molecular weight is 514 g/mol. The second kappa shape index (κ2) is 12.5. The number of para-hydroxylation sites is 1. The predicted molar refractivity (Wildman–Crippen MR) is 141 cm³/mol. The normalized spacial score (nSPS) is 16.2. The zero-order chi connectivity index (χ0) is 24.6. The highest BCUT2D eigenvalue weighted by molar-refractivity contribution is 8.00. The third-order valence-corrected chi connectivity index (χ3v) is 7.99. The van der Waals surface area contributed by atoms with Gasteiger partial charge in [-0.15, -0.1) is 11.8 Å². The zero-order valence-electron chi connectivity index (χ0n) is 19.9. The minimum Gasteiger partial charge on any atom is -0.478 e. The summed E-state index contributed by atoms with van der Waals surface area (Å²) in [6, 6.07) is 15.5. The molecule has 1 saturated heterocycles. The number of rotatable bonds is 10. The molecule has 0 aliphatic carbocycles. The van der Waals surface area contributed by atoms with Crippen LogP contribution < -0.4 is 4.90 Å². The van der Waals surface area contributed by atoms with Gasteiger partial charge in [0.1, 0.15) is 6.73 Å². The molecule has 0 unspecified atom stereocenters. The Morgan fingerprint density at radius 1 is 1.00 bits per heavy atom. The van der Waals surface area contributed by atoms with Crippen LogP contribution in [0, 0.1) is 0 Å². The molecule has 0 spiro atoms. The summed E-state index contributed by atoms with van der Waals surface area (Å²) in [4.78, 5) is 33.0. The lowest BCUT2D eigenvalue weighted by Gasteiger charge is -2.36. The number of anilines is 2. The topological polar surface area (TPSA) is 73.3 Å². The van der Waals surface area contributed by atoms with Gasteiger partial charge >= 0.3 is 11.9 Å². The van der Waals surface area contributed by atoms with Crippen LogP contribution in [0.1, 0.15) is 13.3 Å². The van der Waals surface area contributed by atoms with E-state index in [9.17, 15) is 9.59 Å². The number of carboxylic acid groups (broad SMARTS) is 1. The van der Waals surface area contributed by atoms with E-state index < -0.39 is 11.9 Å². The van der Waals surface area contributed by atoms with E-state index in [1.54, 1.807) is 0 Å². The number of thioether (sulfide) groups is 1. The highest BCUT2D eigenvalue weighted by Crippen LogP contribution is 2.49. The summed E-state index contributed by atoms with van der Waals surface area (Å²) in [6.07, 6.45) is 2.79. The molecule has 4 rings (SSSR count). The maximum absolute atomic E-state index is 11.6. The number of esters is 1. The van der Waals surface area contributed by atoms with Crippen molar-refractivity contribution in [3.63, 3.8) is 0 Å². The molecule has 0 saturated carbocycles. The van der Waals surface area contributed by atoms with Crippen LogP contribution in [0.4, 0.5) is 11.4 Å². The number of fused-ring (bicyclic) bond motifs is 2. The lowest BCUT2D eigenvalue weighted by atomic mass is 10.2. The quantitative estimate of drug-likeness (QED) is 0.280. The van der Waals surface area contributed by atoms with Crippen molar-refractivity contribution >= 4 is 46.8 Å². The van der Waals surface area contributed by atoms with Gasteiger partial charge in [-0.1, -0.05) is 30.8 Å². The molecule has 1 fully saturated rings. The largest absolute Gasteiger partial charge is 0.478 e. The van der Waals surface area contributed by atoms with E-state index in [0.717, 1.165) is 63.6 Å². The molecule has 2 aliphatic rings. The number of piperazine rings is 1. The highest BCUT2D eigenvalue weighted by atomic mass is 32.2. The van der Waals surface area contributed by atoms with Crippen molar-refractivity contribution in [3.8, 4) is 0 Å². The SMILES string of the molecule is CCSc1ccc2c(c1)N(CCCN1CCN(COC(=O)/C=C\C(=O)O)CC1)c1ccccc1S2. The number of benzene rings is 2. The van der Waals surface area contributed by atoms with Gasteiger partial charge in [-0.25, -0.2) is 9.59 Å². The maximum Gasteiger partial charge on any atom is 0.332 e. The van der Waals surface area contributed by atoms with Gasteiger partial charge < -0.3 is 19.6 Å². The molecule has 1 N–H and O–H groups in total. The van der Waals surface area contributed by atoms with Gasteiger partial charge in [-0.2, -0.15) is 0 Å². The van der Waals surface area contributed by atoms with Crippen molar-refractivity contribution in [1.29, 1.82) is 0 Å². The molecule has 7 nitrogen and oxygen atoms in total. The van der Waals surface area contributed by atoms with Crippen molar-refractivity contribution in [2.45, 2.75) is 28.0 Å². The van der Waals surface area contributed by atoms with Gasteiger partial charge in [-0.05, 0) is 49.1 Å². The summed E-state index contributed by atoms with van der Waals surface area (Å²) in [5.41, 5.74) is 2.59. The number of hydrogen-bond acceptors (Lipinski definition) is 8. The molecule has 0 atom stereocenters. The minimum absolute atomic E-state index is 0.188. The third kappa shape index (κ3) is 7.04. The Kier molecular flexibility index (Phi) is 9.14. The van der Waals surface area contributed by atoms with Crippen molar-refractivity contribution in [2.75, 3.05) is 56.7 Å². The fourth-order valence-electron chi connectivity index (χ4n) is 4.24. The monoisotopic (exact) mass is 513 g/mol. The second-order valence-electron chi connectivity index (χ2n) is 8.36. The number of carbonyl (C=O) groups is 2. The minimum atomic E-state index is -1.16. The van der Waals surface area contributed by atoms with Crippen LogP contribution >= 0.6 is 23.5 Å². The molecule has 2 aromatic rings. The maximum atomic E-state index is 11.6.